The van der Waals surface area contributed by atoms with Crippen LogP contribution in [-0.2, 0) is 16.0 Å². The van der Waals surface area contributed by atoms with Crippen LogP contribution in [0.2, 0.25) is 0 Å². The molecule has 1 atom stereocenters. The second-order valence-electron chi connectivity index (χ2n) is 9.07. The van der Waals surface area contributed by atoms with Gasteiger partial charge in [0.1, 0.15) is 23.1 Å². The molecule has 1 unspecified atom stereocenters. The first-order chi connectivity index (χ1) is 17.2. The number of amides is 1. The van der Waals surface area contributed by atoms with Crippen LogP contribution in [0.15, 0.2) is 72.3 Å². The summed E-state index contributed by atoms with van der Waals surface area (Å²) in [6, 6.07) is 16.1. The summed E-state index contributed by atoms with van der Waals surface area (Å²) in [6.45, 7) is 5.49. The molecule has 0 saturated carbocycles. The van der Waals surface area contributed by atoms with Gasteiger partial charge >= 0.3 is 0 Å². The summed E-state index contributed by atoms with van der Waals surface area (Å²) in [5.74, 6) is -2.20. The fourth-order valence-electron chi connectivity index (χ4n) is 4.34. The van der Waals surface area contributed by atoms with Crippen molar-refractivity contribution in [2.24, 2.45) is 0 Å². The van der Waals surface area contributed by atoms with Crippen LogP contribution >= 0.6 is 0 Å². The number of aryl methyl sites for hydroxylation is 1. The second kappa shape index (κ2) is 10.3. The number of hydrogen-bond donors (Lipinski definition) is 1. The van der Waals surface area contributed by atoms with Crippen molar-refractivity contribution < 1.29 is 28.2 Å². The highest BCUT2D eigenvalue weighted by atomic mass is 19.1. The van der Waals surface area contributed by atoms with E-state index in [4.69, 9.17) is 4.74 Å². The summed E-state index contributed by atoms with van der Waals surface area (Å²) in [4.78, 5) is 27.8. The third-order valence-corrected chi connectivity index (χ3v) is 6.07. The fraction of sp³-hybridized carbons (Fsp3) is 0.241. The predicted octanol–water partition coefficient (Wildman–Crippen LogP) is 5.72. The molecule has 0 spiro atoms. The molecule has 0 bridgehead atoms. The molecule has 5 nitrogen and oxygen atoms in total. The predicted molar refractivity (Wildman–Crippen MR) is 132 cm³/mol. The third-order valence-electron chi connectivity index (χ3n) is 6.07. The number of ether oxygens (including phenoxy) is 1. The Hall–Kier alpha value is -4.00. The standard InChI is InChI=1S/C29H27F2NO4/c1-17(2)36-23-6-4-5-20(16-23)26-25(27(33)21-9-12-24(31)18(3)15-21)28(34)29(35)32(26)14-13-19-7-10-22(30)11-8-19/h4-12,15-17,26,33H,13-14H2,1-3H3/b27-25-. The van der Waals surface area contributed by atoms with Crippen molar-refractivity contribution in [2.45, 2.75) is 39.3 Å². The molecule has 0 aromatic heterocycles. The normalized spacial score (nSPS) is 17.2. The molecule has 1 fully saturated rings. The van der Waals surface area contributed by atoms with Gasteiger partial charge in [-0.1, -0.05) is 24.3 Å². The number of likely N-dealkylation sites (tertiary alicyclic amines) is 1. The van der Waals surface area contributed by atoms with E-state index in [1.807, 2.05) is 13.8 Å². The van der Waals surface area contributed by atoms with Gasteiger partial charge in [0.2, 0.25) is 0 Å². The summed E-state index contributed by atoms with van der Waals surface area (Å²) in [5, 5.41) is 11.2. The van der Waals surface area contributed by atoms with Crippen molar-refractivity contribution in [1.29, 1.82) is 0 Å². The molecule has 1 saturated heterocycles. The minimum Gasteiger partial charge on any atom is -0.507 e. The van der Waals surface area contributed by atoms with Crippen molar-refractivity contribution in [3.63, 3.8) is 0 Å². The number of hydrogen-bond acceptors (Lipinski definition) is 4. The highest BCUT2D eigenvalue weighted by Crippen LogP contribution is 2.40. The largest absolute Gasteiger partial charge is 0.507 e. The summed E-state index contributed by atoms with van der Waals surface area (Å²) in [7, 11) is 0. The third kappa shape index (κ3) is 5.15. The number of aliphatic hydroxyl groups excluding tert-OH is 1. The summed E-state index contributed by atoms with van der Waals surface area (Å²) in [6.07, 6.45) is 0.286. The molecular weight excluding hydrogens is 464 g/mol. The van der Waals surface area contributed by atoms with Gasteiger partial charge in [-0.3, -0.25) is 9.59 Å². The maximum atomic E-state index is 13.9. The van der Waals surface area contributed by atoms with Crippen LogP contribution in [0.1, 0.15) is 42.1 Å². The Balaban J connectivity index is 1.80. The molecule has 186 valence electrons. The van der Waals surface area contributed by atoms with Crippen molar-refractivity contribution in [3.8, 4) is 5.75 Å². The van der Waals surface area contributed by atoms with Crippen LogP contribution < -0.4 is 4.74 Å². The van der Waals surface area contributed by atoms with Gasteiger partial charge in [-0.15, -0.1) is 0 Å². The van der Waals surface area contributed by atoms with Gasteiger partial charge in [-0.2, -0.15) is 0 Å². The number of nitrogens with zero attached hydrogens (tertiary/aromatic N) is 1. The van der Waals surface area contributed by atoms with Crippen LogP contribution in [0.3, 0.4) is 0 Å². The van der Waals surface area contributed by atoms with E-state index in [0.717, 1.165) is 5.56 Å². The van der Waals surface area contributed by atoms with Crippen molar-refractivity contribution in [3.05, 3.63) is 106 Å². The van der Waals surface area contributed by atoms with Gasteiger partial charge in [0.15, 0.2) is 0 Å². The molecule has 1 N–H and O–H groups in total. The molecule has 1 aliphatic rings. The van der Waals surface area contributed by atoms with Crippen molar-refractivity contribution in [1.82, 2.24) is 4.90 Å². The molecule has 3 aromatic carbocycles. The average Bonchev–Trinajstić information content (AvgIpc) is 3.09. The molecule has 36 heavy (non-hydrogen) atoms. The van der Waals surface area contributed by atoms with Crippen molar-refractivity contribution >= 4 is 17.4 Å². The lowest BCUT2D eigenvalue weighted by molar-refractivity contribution is -0.139. The van der Waals surface area contributed by atoms with Crippen LogP contribution in [0, 0.1) is 18.6 Å². The van der Waals surface area contributed by atoms with Crippen LogP contribution in [0.25, 0.3) is 5.76 Å². The monoisotopic (exact) mass is 491 g/mol. The quantitative estimate of drug-likeness (QED) is 0.261. The molecule has 0 radical (unpaired) electrons. The maximum Gasteiger partial charge on any atom is 0.295 e. The maximum absolute atomic E-state index is 13.9. The van der Waals surface area contributed by atoms with E-state index in [2.05, 4.69) is 0 Å². The van der Waals surface area contributed by atoms with E-state index >= 15 is 0 Å². The molecule has 1 amide bonds. The Bertz CT molecular complexity index is 1330. The minimum atomic E-state index is -0.883. The van der Waals surface area contributed by atoms with Crippen molar-refractivity contribution in [2.75, 3.05) is 6.54 Å². The lowest BCUT2D eigenvalue weighted by Gasteiger charge is -2.26. The number of ketones is 1. The first-order valence-electron chi connectivity index (χ1n) is 11.7. The number of benzene rings is 3. The minimum absolute atomic E-state index is 0.0770. The van der Waals surface area contributed by atoms with E-state index in [1.54, 1.807) is 43.3 Å². The van der Waals surface area contributed by atoms with E-state index in [9.17, 15) is 23.5 Å². The number of aliphatic hydroxyl groups is 1. The first-order valence-corrected chi connectivity index (χ1v) is 11.7. The summed E-state index contributed by atoms with van der Waals surface area (Å²) >= 11 is 0. The zero-order valence-corrected chi connectivity index (χ0v) is 20.3. The van der Waals surface area contributed by atoms with Gasteiger partial charge in [0.05, 0.1) is 17.7 Å². The smallest absolute Gasteiger partial charge is 0.295 e. The molecule has 1 heterocycles. The molecule has 1 aliphatic heterocycles. The molecule has 0 aliphatic carbocycles. The number of carbonyl (C=O) groups excluding carboxylic acids is 2. The summed E-state index contributed by atoms with van der Waals surface area (Å²) < 4.78 is 33.0. The Morgan fingerprint density at radius 3 is 2.42 bits per heavy atom. The van der Waals surface area contributed by atoms with E-state index in [0.29, 0.717) is 23.3 Å². The van der Waals surface area contributed by atoms with E-state index < -0.39 is 23.5 Å². The molecular formula is C29H27F2NO4. The highest BCUT2D eigenvalue weighted by molar-refractivity contribution is 6.46. The average molecular weight is 492 g/mol. The highest BCUT2D eigenvalue weighted by Gasteiger charge is 2.46. The SMILES string of the molecule is Cc1cc(/C(O)=C2/C(=O)C(=O)N(CCc3ccc(F)cc3)C2c2cccc(OC(C)C)c2)ccc1F. The lowest BCUT2D eigenvalue weighted by Crippen LogP contribution is -2.31. The fourth-order valence-corrected chi connectivity index (χ4v) is 4.34. The van der Waals surface area contributed by atoms with Gasteiger partial charge < -0.3 is 14.7 Å². The van der Waals surface area contributed by atoms with Crippen LogP contribution in [0.5, 0.6) is 5.75 Å². The number of carbonyl (C=O) groups is 2. The zero-order valence-electron chi connectivity index (χ0n) is 20.3. The number of rotatable bonds is 7. The van der Waals surface area contributed by atoms with Crippen LogP contribution in [0.4, 0.5) is 8.78 Å². The zero-order chi connectivity index (χ0) is 26.0. The van der Waals surface area contributed by atoms with Gasteiger partial charge in [-0.25, -0.2) is 8.78 Å². The van der Waals surface area contributed by atoms with E-state index in [1.165, 1.54) is 35.2 Å². The lowest BCUT2D eigenvalue weighted by atomic mass is 9.94. The van der Waals surface area contributed by atoms with Gasteiger partial charge in [0, 0.05) is 12.1 Å². The topological polar surface area (TPSA) is 66.8 Å². The molecule has 4 rings (SSSR count). The van der Waals surface area contributed by atoms with E-state index in [-0.39, 0.29) is 35.4 Å². The second-order valence-corrected chi connectivity index (χ2v) is 9.07. The Morgan fingerprint density at radius 1 is 1.03 bits per heavy atom. The Labute approximate surface area is 208 Å². The summed E-state index contributed by atoms with van der Waals surface area (Å²) in [5.41, 5.74) is 1.85. The van der Waals surface area contributed by atoms with Gasteiger partial charge in [-0.05, 0) is 86.3 Å². The first kappa shape index (κ1) is 25.1. The molecule has 3 aromatic rings. The Kier molecular flexibility index (Phi) is 7.20. The number of halogens is 2. The van der Waals surface area contributed by atoms with Crippen LogP contribution in [-0.4, -0.2) is 34.3 Å². The molecule has 7 heteroatoms. The number of Topliss-reactive ketones (excluding diaryl/α,β-unsaturated/α-hetero) is 1. The Morgan fingerprint density at radius 2 is 1.75 bits per heavy atom. The van der Waals surface area contributed by atoms with Gasteiger partial charge in [0.25, 0.3) is 11.7 Å².